The summed E-state index contributed by atoms with van der Waals surface area (Å²) in [6, 6.07) is 4.69. The predicted octanol–water partition coefficient (Wildman–Crippen LogP) is 2.35. The van der Waals surface area contributed by atoms with Crippen molar-refractivity contribution in [1.82, 2.24) is 0 Å². The third-order valence-corrected chi connectivity index (χ3v) is 2.84. The Morgan fingerprint density at radius 2 is 2.33 bits per heavy atom. The molecule has 0 spiro atoms. The molecule has 2 rings (SSSR count). The van der Waals surface area contributed by atoms with Crippen LogP contribution in [0, 0.1) is 12.7 Å². The van der Waals surface area contributed by atoms with Crippen LogP contribution in [-0.4, -0.2) is 17.8 Å². The number of aliphatic hydroxyl groups is 1. The van der Waals surface area contributed by atoms with Crippen LogP contribution in [0.25, 0.3) is 0 Å². The first-order valence-corrected chi connectivity index (χ1v) is 5.24. The SMILES string of the molecule is Cc1cc(C(O)C2CCCO2)ccc1F. The van der Waals surface area contributed by atoms with Crippen molar-refractivity contribution in [3.8, 4) is 0 Å². The Morgan fingerprint density at radius 1 is 1.53 bits per heavy atom. The van der Waals surface area contributed by atoms with Gasteiger partial charge in [0, 0.05) is 6.61 Å². The maximum absolute atomic E-state index is 13.0. The monoisotopic (exact) mass is 210 g/mol. The lowest BCUT2D eigenvalue weighted by Gasteiger charge is -2.18. The first-order valence-electron chi connectivity index (χ1n) is 5.24. The Morgan fingerprint density at radius 3 is 2.93 bits per heavy atom. The topological polar surface area (TPSA) is 29.5 Å². The van der Waals surface area contributed by atoms with E-state index in [0.29, 0.717) is 12.2 Å². The van der Waals surface area contributed by atoms with E-state index in [2.05, 4.69) is 0 Å². The second-order valence-corrected chi connectivity index (χ2v) is 4.00. The fourth-order valence-corrected chi connectivity index (χ4v) is 1.92. The molecule has 1 saturated heterocycles. The Kier molecular flexibility index (Phi) is 3.03. The molecule has 1 aromatic rings. The standard InChI is InChI=1S/C12H15FO2/c1-8-7-9(4-5-10(8)13)12(14)11-3-2-6-15-11/h4-5,7,11-12,14H,2-3,6H2,1H3. The van der Waals surface area contributed by atoms with E-state index in [1.165, 1.54) is 6.07 Å². The molecular weight excluding hydrogens is 195 g/mol. The highest BCUT2D eigenvalue weighted by Gasteiger charge is 2.25. The van der Waals surface area contributed by atoms with Gasteiger partial charge >= 0.3 is 0 Å². The van der Waals surface area contributed by atoms with Crippen molar-refractivity contribution in [1.29, 1.82) is 0 Å². The molecule has 0 aliphatic carbocycles. The van der Waals surface area contributed by atoms with Crippen LogP contribution in [0.1, 0.15) is 30.1 Å². The smallest absolute Gasteiger partial charge is 0.126 e. The van der Waals surface area contributed by atoms with Crippen molar-refractivity contribution < 1.29 is 14.2 Å². The molecule has 1 aromatic carbocycles. The van der Waals surface area contributed by atoms with Gasteiger partial charge in [-0.15, -0.1) is 0 Å². The van der Waals surface area contributed by atoms with E-state index in [9.17, 15) is 9.50 Å². The van der Waals surface area contributed by atoms with Crippen molar-refractivity contribution in [2.75, 3.05) is 6.61 Å². The molecule has 0 bridgehead atoms. The van der Waals surface area contributed by atoms with Crippen LogP contribution < -0.4 is 0 Å². The van der Waals surface area contributed by atoms with Crippen LogP contribution in [0.15, 0.2) is 18.2 Å². The highest BCUT2D eigenvalue weighted by atomic mass is 19.1. The molecule has 0 aromatic heterocycles. The van der Waals surface area contributed by atoms with Gasteiger partial charge in [-0.05, 0) is 37.0 Å². The number of aliphatic hydroxyl groups excluding tert-OH is 1. The summed E-state index contributed by atoms with van der Waals surface area (Å²) in [4.78, 5) is 0. The minimum atomic E-state index is -0.633. The van der Waals surface area contributed by atoms with E-state index in [4.69, 9.17) is 4.74 Å². The lowest BCUT2D eigenvalue weighted by Crippen LogP contribution is -2.17. The van der Waals surface area contributed by atoms with Gasteiger partial charge in [0.05, 0.1) is 6.10 Å². The third kappa shape index (κ3) is 2.19. The highest BCUT2D eigenvalue weighted by Crippen LogP contribution is 2.27. The van der Waals surface area contributed by atoms with Gasteiger partial charge in [-0.1, -0.05) is 12.1 Å². The number of ether oxygens (including phenoxy) is 1. The summed E-state index contributed by atoms with van der Waals surface area (Å²) in [5, 5.41) is 9.99. The van der Waals surface area contributed by atoms with Crippen molar-refractivity contribution in [2.24, 2.45) is 0 Å². The molecule has 1 N–H and O–H groups in total. The molecule has 1 aliphatic heterocycles. The largest absolute Gasteiger partial charge is 0.386 e. The van der Waals surface area contributed by atoms with Gasteiger partial charge in [0.1, 0.15) is 11.9 Å². The molecule has 0 radical (unpaired) electrons. The Labute approximate surface area is 88.7 Å². The van der Waals surface area contributed by atoms with Gasteiger partial charge in [-0.3, -0.25) is 0 Å². The van der Waals surface area contributed by atoms with Crippen LogP contribution in [0.2, 0.25) is 0 Å². The number of halogens is 1. The zero-order valence-corrected chi connectivity index (χ0v) is 8.74. The minimum Gasteiger partial charge on any atom is -0.386 e. The molecule has 1 aliphatic rings. The Bertz CT molecular complexity index is 345. The number of aryl methyl sites for hydroxylation is 1. The van der Waals surface area contributed by atoms with Crippen LogP contribution in [-0.2, 0) is 4.74 Å². The summed E-state index contributed by atoms with van der Waals surface area (Å²) in [5.74, 6) is -0.238. The van der Waals surface area contributed by atoms with Gasteiger partial charge in [0.15, 0.2) is 0 Å². The van der Waals surface area contributed by atoms with Gasteiger partial charge in [0.2, 0.25) is 0 Å². The van der Waals surface area contributed by atoms with E-state index >= 15 is 0 Å². The first-order chi connectivity index (χ1) is 7.18. The lowest BCUT2D eigenvalue weighted by atomic mass is 10.0. The van der Waals surface area contributed by atoms with Gasteiger partial charge < -0.3 is 9.84 Å². The van der Waals surface area contributed by atoms with Crippen molar-refractivity contribution in [3.05, 3.63) is 35.1 Å². The summed E-state index contributed by atoms with van der Waals surface area (Å²) in [5.41, 5.74) is 1.30. The highest BCUT2D eigenvalue weighted by molar-refractivity contribution is 5.26. The molecule has 2 nitrogen and oxygen atoms in total. The van der Waals surface area contributed by atoms with E-state index in [1.54, 1.807) is 19.1 Å². The van der Waals surface area contributed by atoms with Gasteiger partial charge in [-0.2, -0.15) is 0 Å². The minimum absolute atomic E-state index is 0.130. The van der Waals surface area contributed by atoms with Crippen LogP contribution in [0.3, 0.4) is 0 Å². The maximum atomic E-state index is 13.0. The molecule has 0 saturated carbocycles. The van der Waals surface area contributed by atoms with Crippen molar-refractivity contribution in [2.45, 2.75) is 32.0 Å². The molecular formula is C12H15FO2. The normalized spacial score (nSPS) is 23.0. The molecule has 2 atom stereocenters. The molecule has 1 heterocycles. The summed E-state index contributed by atoms with van der Waals surface area (Å²) in [6.07, 6.45) is 1.10. The maximum Gasteiger partial charge on any atom is 0.126 e. The summed E-state index contributed by atoms with van der Waals surface area (Å²) < 4.78 is 18.4. The number of hydrogen-bond donors (Lipinski definition) is 1. The zero-order valence-electron chi connectivity index (χ0n) is 8.74. The fourth-order valence-electron chi connectivity index (χ4n) is 1.92. The van der Waals surface area contributed by atoms with E-state index in [0.717, 1.165) is 18.4 Å². The third-order valence-electron chi connectivity index (χ3n) is 2.84. The lowest BCUT2D eigenvalue weighted by molar-refractivity contribution is -0.00264. The Hall–Kier alpha value is -0.930. The van der Waals surface area contributed by atoms with E-state index < -0.39 is 6.10 Å². The number of benzene rings is 1. The molecule has 0 amide bonds. The van der Waals surface area contributed by atoms with Gasteiger partial charge in [-0.25, -0.2) is 4.39 Å². The summed E-state index contributed by atoms with van der Waals surface area (Å²) in [7, 11) is 0. The van der Waals surface area contributed by atoms with Gasteiger partial charge in [0.25, 0.3) is 0 Å². The number of hydrogen-bond acceptors (Lipinski definition) is 2. The second kappa shape index (κ2) is 4.29. The summed E-state index contributed by atoms with van der Waals surface area (Å²) >= 11 is 0. The fraction of sp³-hybridized carbons (Fsp3) is 0.500. The number of rotatable bonds is 2. The van der Waals surface area contributed by atoms with Crippen molar-refractivity contribution >= 4 is 0 Å². The van der Waals surface area contributed by atoms with Crippen LogP contribution >= 0.6 is 0 Å². The zero-order chi connectivity index (χ0) is 10.8. The van der Waals surface area contributed by atoms with Crippen LogP contribution in [0.5, 0.6) is 0 Å². The summed E-state index contributed by atoms with van der Waals surface area (Å²) in [6.45, 7) is 2.41. The van der Waals surface area contributed by atoms with Crippen LogP contribution in [0.4, 0.5) is 4.39 Å². The van der Waals surface area contributed by atoms with Crippen molar-refractivity contribution in [3.63, 3.8) is 0 Å². The quantitative estimate of drug-likeness (QED) is 0.811. The predicted molar refractivity (Wildman–Crippen MR) is 55.1 cm³/mol. The molecule has 1 fully saturated rings. The Balaban J connectivity index is 2.17. The molecule has 15 heavy (non-hydrogen) atoms. The molecule has 82 valence electrons. The van der Waals surface area contributed by atoms with E-state index in [1.807, 2.05) is 0 Å². The van der Waals surface area contributed by atoms with E-state index in [-0.39, 0.29) is 11.9 Å². The molecule has 3 heteroatoms. The average molecular weight is 210 g/mol. The first kappa shape index (κ1) is 10.6. The second-order valence-electron chi connectivity index (χ2n) is 4.00. The average Bonchev–Trinajstić information content (AvgIpc) is 2.74. The molecule has 2 unspecified atom stereocenters.